The Hall–Kier alpha value is -1.45. The summed E-state index contributed by atoms with van der Waals surface area (Å²) in [6.07, 6.45) is 50.3. The average molecular weight is 853 g/mol. The predicted molar refractivity (Wildman–Crippen MR) is 242 cm³/mol. The Morgan fingerprint density at radius 3 is 1.12 bits per heavy atom. The van der Waals surface area contributed by atoms with Gasteiger partial charge in [-0.25, -0.2) is 18.0 Å². The molecule has 0 heterocycles. The molecule has 0 spiro atoms. The van der Waals surface area contributed by atoms with Crippen molar-refractivity contribution in [3.05, 3.63) is 53.6 Å². The minimum absolute atomic E-state index is 0. The van der Waals surface area contributed by atoms with Crippen molar-refractivity contribution in [1.82, 2.24) is 0 Å². The molecule has 0 aliphatic carbocycles. The zero-order chi connectivity index (χ0) is 42.2. The molecule has 0 radical (unpaired) electrons. The maximum Gasteiger partial charge on any atom is 1.00 e. The molecule has 1 aromatic carbocycles. The summed E-state index contributed by atoms with van der Waals surface area (Å²) in [6, 6.07) is 3.64. The van der Waals surface area contributed by atoms with Gasteiger partial charge < -0.3 is 14.0 Å². The second-order valence-corrected chi connectivity index (χ2v) is 17.7. The second-order valence-electron chi connectivity index (χ2n) is 16.4. The number of esters is 2. The Morgan fingerprint density at radius 2 is 0.780 bits per heavy atom. The maximum atomic E-state index is 13.0. The summed E-state index contributed by atoms with van der Waals surface area (Å²) in [5, 5.41) is 0. The van der Waals surface area contributed by atoms with Gasteiger partial charge in [0.25, 0.3) is 0 Å². The van der Waals surface area contributed by atoms with E-state index in [1.54, 1.807) is 0 Å². The fraction of sp³-hybridized carbons (Fsp3) is 0.760. The van der Waals surface area contributed by atoms with Crippen molar-refractivity contribution in [3.8, 4) is 0 Å². The third-order valence-electron chi connectivity index (χ3n) is 11.0. The summed E-state index contributed by atoms with van der Waals surface area (Å²) in [4.78, 5) is 25.3. The fourth-order valence-electron chi connectivity index (χ4n) is 7.36. The first-order valence-corrected chi connectivity index (χ1v) is 25.5. The number of carbonyl (C=O) groups is 2. The van der Waals surface area contributed by atoms with Crippen molar-refractivity contribution in [2.75, 3.05) is 13.2 Å². The second kappa shape index (κ2) is 41.9. The van der Waals surface area contributed by atoms with Crippen molar-refractivity contribution in [3.63, 3.8) is 0 Å². The van der Waals surface area contributed by atoms with Crippen LogP contribution in [0.3, 0.4) is 0 Å². The predicted octanol–water partition coefficient (Wildman–Crippen LogP) is 12.3. The van der Waals surface area contributed by atoms with Crippen LogP contribution in [-0.2, 0) is 19.6 Å². The van der Waals surface area contributed by atoms with Crippen molar-refractivity contribution in [2.45, 2.75) is 237 Å². The van der Waals surface area contributed by atoms with E-state index in [4.69, 9.17) is 9.47 Å². The molecule has 0 saturated heterocycles. The molecule has 1 rings (SSSR count). The molecular weight excluding hydrogens is 768 g/mol. The van der Waals surface area contributed by atoms with Crippen LogP contribution in [0.5, 0.6) is 0 Å². The number of benzene rings is 1. The molecule has 0 unspecified atom stereocenters. The quantitative estimate of drug-likeness (QED) is 0.0212. The van der Waals surface area contributed by atoms with E-state index in [1.807, 2.05) is 0 Å². The van der Waals surface area contributed by atoms with Crippen LogP contribution in [-0.4, -0.2) is 38.1 Å². The standard InChI is InChI=1S/C50H86O7S.Na/c1-3-5-7-9-11-13-15-17-19-21-23-25-27-29-31-33-35-37-39-44-56-49(51)46-42-41-43-47(58(53,54)55)48(46)50(52)57-45-40-38-36-34-32-30-28-26-24-22-20-18-16-14-12-10-8-6-4-2;/h11-14,41-43H,3-10,15-40,44-45H2,1-2H3,(H,53,54,55);/q;+1/p-1/b13-11+,14-12+;. The largest absolute Gasteiger partial charge is 1.00 e. The molecule has 59 heavy (non-hydrogen) atoms. The molecule has 0 atom stereocenters. The maximum absolute atomic E-state index is 13.0. The van der Waals surface area contributed by atoms with Crippen molar-refractivity contribution >= 4 is 22.1 Å². The molecule has 0 fully saturated rings. The Labute approximate surface area is 385 Å². The van der Waals surface area contributed by atoms with Crippen molar-refractivity contribution in [2.24, 2.45) is 0 Å². The van der Waals surface area contributed by atoms with Gasteiger partial charge in [0.2, 0.25) is 0 Å². The fourth-order valence-corrected chi connectivity index (χ4v) is 8.05. The van der Waals surface area contributed by atoms with Crippen LogP contribution in [0.2, 0.25) is 0 Å². The summed E-state index contributed by atoms with van der Waals surface area (Å²) >= 11 is 0. The first-order chi connectivity index (χ1) is 28.3. The SMILES string of the molecule is CCCCC/C=C/CCCCCCCCCCCCCCOC(=O)c1cccc(S(=O)(=O)[O-])c1C(=O)OCCCCCCCCCCCCCC/C=C/CCCCC.[Na+]. The van der Waals surface area contributed by atoms with Crippen LogP contribution in [0.4, 0.5) is 0 Å². The van der Waals surface area contributed by atoms with Gasteiger partial charge in [0.15, 0.2) is 0 Å². The first kappa shape index (κ1) is 57.5. The van der Waals surface area contributed by atoms with Gasteiger partial charge in [-0.2, -0.15) is 0 Å². The number of unbranched alkanes of at least 4 members (excludes halogenated alkanes) is 30. The Bertz CT molecular complexity index is 1310. The molecule has 0 aliphatic rings. The molecule has 334 valence electrons. The molecule has 0 N–H and O–H groups in total. The van der Waals surface area contributed by atoms with Gasteiger partial charge in [-0.3, -0.25) is 0 Å². The van der Waals surface area contributed by atoms with Gasteiger partial charge in [-0.15, -0.1) is 0 Å². The normalized spacial score (nSPS) is 11.7. The molecule has 0 bridgehead atoms. The van der Waals surface area contributed by atoms with E-state index in [-0.39, 0.29) is 48.3 Å². The molecular formula is C50H85NaO7S. The number of hydrogen-bond donors (Lipinski definition) is 0. The van der Waals surface area contributed by atoms with Gasteiger partial charge in [0.1, 0.15) is 10.1 Å². The molecule has 0 amide bonds. The molecule has 1 aromatic rings. The minimum atomic E-state index is -5.02. The van der Waals surface area contributed by atoms with Crippen molar-refractivity contribution in [1.29, 1.82) is 0 Å². The first-order valence-electron chi connectivity index (χ1n) is 24.1. The summed E-state index contributed by atoms with van der Waals surface area (Å²) in [6.45, 7) is 4.74. The van der Waals surface area contributed by atoms with E-state index in [2.05, 4.69) is 38.2 Å². The zero-order valence-corrected chi connectivity index (χ0v) is 41.1. The van der Waals surface area contributed by atoms with E-state index < -0.39 is 32.5 Å². The number of allylic oxidation sites excluding steroid dienone is 4. The number of rotatable bonds is 41. The molecule has 7 nitrogen and oxygen atoms in total. The van der Waals surface area contributed by atoms with Crippen LogP contribution < -0.4 is 29.6 Å². The summed E-state index contributed by atoms with van der Waals surface area (Å²) in [5.41, 5.74) is -0.774. The van der Waals surface area contributed by atoms with Crippen molar-refractivity contribution < 1.29 is 61.6 Å². The average Bonchev–Trinajstić information content (AvgIpc) is 3.21. The third kappa shape index (κ3) is 33.8. The van der Waals surface area contributed by atoms with E-state index >= 15 is 0 Å². The number of hydrogen-bond acceptors (Lipinski definition) is 7. The molecule has 0 aromatic heterocycles. The van der Waals surface area contributed by atoms with E-state index in [1.165, 1.54) is 179 Å². The van der Waals surface area contributed by atoms with E-state index in [0.717, 1.165) is 44.6 Å². The van der Waals surface area contributed by atoms with Gasteiger partial charge in [0, 0.05) is 0 Å². The van der Waals surface area contributed by atoms with Gasteiger partial charge >= 0.3 is 41.5 Å². The Morgan fingerprint density at radius 1 is 0.475 bits per heavy atom. The Kier molecular flexibility index (Phi) is 40.9. The van der Waals surface area contributed by atoms with Gasteiger partial charge in [0.05, 0.1) is 29.2 Å². The topological polar surface area (TPSA) is 110 Å². The summed E-state index contributed by atoms with van der Waals surface area (Å²) in [5.74, 6) is -1.81. The van der Waals surface area contributed by atoms with Gasteiger partial charge in [-0.1, -0.05) is 198 Å². The number of carbonyl (C=O) groups excluding carboxylic acids is 2. The molecule has 9 heteroatoms. The molecule has 0 aliphatic heterocycles. The molecule has 0 saturated carbocycles. The summed E-state index contributed by atoms with van der Waals surface area (Å²) < 4.78 is 46.9. The smallest absolute Gasteiger partial charge is 0.744 e. The van der Waals surface area contributed by atoms with E-state index in [9.17, 15) is 22.6 Å². The minimum Gasteiger partial charge on any atom is -0.744 e. The zero-order valence-electron chi connectivity index (χ0n) is 38.3. The van der Waals surface area contributed by atoms with E-state index in [0.29, 0.717) is 12.8 Å². The van der Waals surface area contributed by atoms with Gasteiger partial charge in [-0.05, 0) is 76.3 Å². The van der Waals surface area contributed by atoms with Crippen LogP contribution in [0.25, 0.3) is 0 Å². The summed E-state index contributed by atoms with van der Waals surface area (Å²) in [7, 11) is -5.02. The van der Waals surface area contributed by atoms with Crippen LogP contribution in [0.1, 0.15) is 253 Å². The van der Waals surface area contributed by atoms with Crippen LogP contribution >= 0.6 is 0 Å². The van der Waals surface area contributed by atoms with Crippen LogP contribution in [0.15, 0.2) is 47.4 Å². The number of ether oxygens (including phenoxy) is 2. The Balaban J connectivity index is 0.0000336. The van der Waals surface area contributed by atoms with Crippen LogP contribution in [0, 0.1) is 0 Å². The monoisotopic (exact) mass is 853 g/mol. The third-order valence-corrected chi connectivity index (χ3v) is 11.9.